The van der Waals surface area contributed by atoms with Crippen LogP contribution in [-0.2, 0) is 6.54 Å². The number of carbonyl (C=O) groups excluding carboxylic acids is 1. The summed E-state index contributed by atoms with van der Waals surface area (Å²) in [5, 5.41) is 5.30. The van der Waals surface area contributed by atoms with Crippen molar-refractivity contribution in [2.45, 2.75) is 25.4 Å². The van der Waals surface area contributed by atoms with Crippen molar-refractivity contribution in [1.82, 2.24) is 19.6 Å². The highest BCUT2D eigenvalue weighted by Gasteiger charge is 2.43. The van der Waals surface area contributed by atoms with Gasteiger partial charge >= 0.3 is 6.03 Å². The minimum absolute atomic E-state index is 0.0740. The SMILES string of the molecule is CN(Cc1cccc(Cl)c1)[C@H]1C[C@@H]2CN(C(=O)n3cc(Cl)cn3)C[C@@H]2C1. The maximum absolute atomic E-state index is 12.5. The molecule has 1 aliphatic heterocycles. The van der Waals surface area contributed by atoms with E-state index in [0.29, 0.717) is 22.9 Å². The molecule has 1 saturated carbocycles. The molecule has 0 spiro atoms. The molecule has 3 atom stereocenters. The molecule has 26 heavy (non-hydrogen) atoms. The van der Waals surface area contributed by atoms with Gasteiger partial charge in [0, 0.05) is 30.7 Å². The minimum atomic E-state index is -0.0740. The highest BCUT2D eigenvalue weighted by atomic mass is 35.5. The average molecular weight is 393 g/mol. The zero-order chi connectivity index (χ0) is 18.3. The highest BCUT2D eigenvalue weighted by Crippen LogP contribution is 2.40. The van der Waals surface area contributed by atoms with E-state index in [1.165, 1.54) is 16.4 Å². The standard InChI is InChI=1S/C19H22Cl2N4O/c1-23(9-13-3-2-4-16(20)5-13)18-6-14-10-24(11-15(14)7-18)19(26)25-12-17(21)8-22-25/h2-5,8,12,14-15,18H,6-7,9-11H2,1H3/t14-,15+,18+. The van der Waals surface area contributed by atoms with E-state index in [-0.39, 0.29) is 6.03 Å². The van der Waals surface area contributed by atoms with Gasteiger partial charge in [-0.1, -0.05) is 35.3 Å². The monoisotopic (exact) mass is 392 g/mol. The van der Waals surface area contributed by atoms with Gasteiger partial charge < -0.3 is 4.90 Å². The number of aromatic nitrogens is 2. The molecule has 0 bridgehead atoms. The van der Waals surface area contributed by atoms with E-state index >= 15 is 0 Å². The number of likely N-dealkylation sites (tertiary alicyclic amines) is 1. The third-order valence-corrected chi connectivity index (χ3v) is 6.12. The predicted octanol–water partition coefficient (Wildman–Crippen LogP) is 4.00. The van der Waals surface area contributed by atoms with Gasteiger partial charge in [0.2, 0.25) is 0 Å². The Morgan fingerprint density at radius 3 is 2.58 bits per heavy atom. The molecule has 2 aliphatic rings. The van der Waals surface area contributed by atoms with E-state index < -0.39 is 0 Å². The van der Waals surface area contributed by atoms with E-state index in [9.17, 15) is 4.79 Å². The lowest BCUT2D eigenvalue weighted by atomic mass is 10.0. The summed E-state index contributed by atoms with van der Waals surface area (Å²) >= 11 is 12.0. The van der Waals surface area contributed by atoms with Crippen molar-refractivity contribution >= 4 is 29.2 Å². The maximum Gasteiger partial charge on any atom is 0.344 e. The summed E-state index contributed by atoms with van der Waals surface area (Å²) in [4.78, 5) is 16.9. The van der Waals surface area contributed by atoms with E-state index in [1.54, 1.807) is 6.20 Å². The van der Waals surface area contributed by atoms with E-state index in [4.69, 9.17) is 23.2 Å². The summed E-state index contributed by atoms with van der Waals surface area (Å²) < 4.78 is 1.34. The minimum Gasteiger partial charge on any atom is -0.322 e. The third-order valence-electron chi connectivity index (χ3n) is 5.69. The Morgan fingerprint density at radius 1 is 1.23 bits per heavy atom. The summed E-state index contributed by atoms with van der Waals surface area (Å²) in [7, 11) is 2.18. The van der Waals surface area contributed by atoms with Crippen molar-refractivity contribution in [3.05, 3.63) is 52.3 Å². The lowest BCUT2D eigenvalue weighted by Gasteiger charge is -2.26. The number of nitrogens with zero attached hydrogens (tertiary/aromatic N) is 4. The molecule has 138 valence electrons. The lowest BCUT2D eigenvalue weighted by molar-refractivity contribution is 0.192. The maximum atomic E-state index is 12.5. The van der Waals surface area contributed by atoms with Crippen LogP contribution in [0.3, 0.4) is 0 Å². The van der Waals surface area contributed by atoms with E-state index in [1.807, 2.05) is 23.1 Å². The van der Waals surface area contributed by atoms with Gasteiger partial charge in [-0.05, 0) is 49.4 Å². The second kappa shape index (κ2) is 7.22. The fourth-order valence-corrected chi connectivity index (χ4v) is 4.74. The summed E-state index contributed by atoms with van der Waals surface area (Å²) in [6.45, 7) is 2.52. The van der Waals surface area contributed by atoms with Gasteiger partial charge in [-0.25, -0.2) is 4.79 Å². The number of halogens is 2. The van der Waals surface area contributed by atoms with Crippen LogP contribution in [0.4, 0.5) is 4.79 Å². The van der Waals surface area contributed by atoms with Crippen molar-refractivity contribution in [1.29, 1.82) is 0 Å². The van der Waals surface area contributed by atoms with Crippen LogP contribution in [0, 0.1) is 11.8 Å². The smallest absolute Gasteiger partial charge is 0.322 e. The topological polar surface area (TPSA) is 41.4 Å². The molecule has 0 radical (unpaired) electrons. The van der Waals surface area contributed by atoms with Gasteiger partial charge in [0.1, 0.15) is 0 Å². The second-order valence-electron chi connectivity index (χ2n) is 7.48. The fourth-order valence-electron chi connectivity index (χ4n) is 4.39. The van der Waals surface area contributed by atoms with Crippen molar-refractivity contribution in [3.63, 3.8) is 0 Å². The zero-order valence-electron chi connectivity index (χ0n) is 14.7. The quantitative estimate of drug-likeness (QED) is 0.792. The van der Waals surface area contributed by atoms with E-state index in [2.05, 4.69) is 23.1 Å². The average Bonchev–Trinajstić information content (AvgIpc) is 3.28. The number of carbonyl (C=O) groups is 1. The number of hydrogen-bond acceptors (Lipinski definition) is 3. The zero-order valence-corrected chi connectivity index (χ0v) is 16.2. The molecule has 5 nitrogen and oxygen atoms in total. The first-order valence-corrected chi connectivity index (χ1v) is 9.69. The Labute approximate surface area is 163 Å². The van der Waals surface area contributed by atoms with Crippen LogP contribution in [-0.4, -0.2) is 51.8 Å². The first-order chi connectivity index (χ1) is 12.5. The van der Waals surface area contributed by atoms with Crippen molar-refractivity contribution in [3.8, 4) is 0 Å². The van der Waals surface area contributed by atoms with Crippen LogP contribution < -0.4 is 0 Å². The molecule has 0 N–H and O–H groups in total. The molecular weight excluding hydrogens is 371 g/mol. The van der Waals surface area contributed by atoms with Gasteiger partial charge in [-0.2, -0.15) is 9.78 Å². The Bertz CT molecular complexity index is 794. The van der Waals surface area contributed by atoms with Crippen molar-refractivity contribution in [2.24, 2.45) is 11.8 Å². The van der Waals surface area contributed by atoms with Crippen LogP contribution in [0.15, 0.2) is 36.7 Å². The molecule has 1 aromatic carbocycles. The second-order valence-corrected chi connectivity index (χ2v) is 8.35. The predicted molar refractivity (Wildman–Crippen MR) is 103 cm³/mol. The molecule has 1 aromatic heterocycles. The van der Waals surface area contributed by atoms with Gasteiger partial charge in [-0.3, -0.25) is 4.90 Å². The molecule has 4 rings (SSSR count). The van der Waals surface area contributed by atoms with Gasteiger partial charge in [0.25, 0.3) is 0 Å². The Hall–Kier alpha value is -1.56. The van der Waals surface area contributed by atoms with Crippen LogP contribution in [0.25, 0.3) is 0 Å². The first kappa shape index (κ1) is 17.8. The summed E-state index contributed by atoms with van der Waals surface area (Å²) in [5.74, 6) is 1.13. The fraction of sp³-hybridized carbons (Fsp3) is 0.474. The van der Waals surface area contributed by atoms with E-state index in [0.717, 1.165) is 37.5 Å². The summed E-state index contributed by atoms with van der Waals surface area (Å²) in [6, 6.07) is 8.54. The van der Waals surface area contributed by atoms with Gasteiger partial charge in [0.15, 0.2) is 0 Å². The number of hydrogen-bond donors (Lipinski definition) is 0. The molecule has 2 heterocycles. The molecule has 2 aromatic rings. The van der Waals surface area contributed by atoms with Gasteiger partial charge in [-0.15, -0.1) is 0 Å². The summed E-state index contributed by atoms with van der Waals surface area (Å²) in [6.07, 6.45) is 5.33. The van der Waals surface area contributed by atoms with Crippen LogP contribution in [0.5, 0.6) is 0 Å². The number of rotatable bonds is 3. The Morgan fingerprint density at radius 2 is 1.96 bits per heavy atom. The molecule has 7 heteroatoms. The number of benzene rings is 1. The summed E-state index contributed by atoms with van der Waals surface area (Å²) in [5.41, 5.74) is 1.24. The number of fused-ring (bicyclic) bond motifs is 1. The molecule has 1 saturated heterocycles. The molecule has 0 unspecified atom stereocenters. The Balaban J connectivity index is 1.34. The van der Waals surface area contributed by atoms with Crippen molar-refractivity contribution in [2.75, 3.05) is 20.1 Å². The molecular formula is C19H22Cl2N4O. The molecule has 1 amide bonds. The van der Waals surface area contributed by atoms with Crippen LogP contribution in [0.1, 0.15) is 18.4 Å². The van der Waals surface area contributed by atoms with Crippen LogP contribution in [0.2, 0.25) is 10.0 Å². The first-order valence-electron chi connectivity index (χ1n) is 8.93. The largest absolute Gasteiger partial charge is 0.344 e. The Kier molecular flexibility index (Phi) is 4.95. The molecule has 2 fully saturated rings. The highest BCUT2D eigenvalue weighted by molar-refractivity contribution is 6.30. The third kappa shape index (κ3) is 3.61. The van der Waals surface area contributed by atoms with Crippen LogP contribution >= 0.6 is 23.2 Å². The van der Waals surface area contributed by atoms with Gasteiger partial charge in [0.05, 0.1) is 17.4 Å². The normalized spacial score (nSPS) is 25.1. The van der Waals surface area contributed by atoms with Crippen molar-refractivity contribution < 1.29 is 4.79 Å². The molecule has 1 aliphatic carbocycles. The lowest BCUT2D eigenvalue weighted by Crippen LogP contribution is -2.36. The number of amides is 1.